The lowest BCUT2D eigenvalue weighted by atomic mass is 10.0. The van der Waals surface area contributed by atoms with Crippen LogP contribution in [0.3, 0.4) is 0 Å². The summed E-state index contributed by atoms with van der Waals surface area (Å²) >= 11 is 0. The van der Waals surface area contributed by atoms with Gasteiger partial charge in [0.15, 0.2) is 11.8 Å². The van der Waals surface area contributed by atoms with Crippen LogP contribution in [-0.2, 0) is 9.53 Å². The second-order valence-corrected chi connectivity index (χ2v) is 6.09. The van der Waals surface area contributed by atoms with Gasteiger partial charge < -0.3 is 15.1 Å². The zero-order chi connectivity index (χ0) is 15.8. The normalized spacial score (nSPS) is 21.4. The van der Waals surface area contributed by atoms with E-state index in [0.717, 1.165) is 49.0 Å². The third kappa shape index (κ3) is 6.46. The number of hydrogen-bond acceptors (Lipinski definition) is 4. The average Bonchev–Trinajstić information content (AvgIpc) is 2.71. The van der Waals surface area contributed by atoms with Crippen LogP contribution in [0.2, 0.25) is 0 Å². The van der Waals surface area contributed by atoms with Crippen LogP contribution in [-0.4, -0.2) is 39.8 Å². The van der Waals surface area contributed by atoms with Gasteiger partial charge in [-0.05, 0) is 13.3 Å². The number of aliphatic hydroxyl groups excluding tert-OH is 1. The Morgan fingerprint density at radius 1 is 1.52 bits per heavy atom. The summed E-state index contributed by atoms with van der Waals surface area (Å²) in [7, 11) is 0. The second-order valence-electron chi connectivity index (χ2n) is 6.09. The minimum atomic E-state index is -0.386. The van der Waals surface area contributed by atoms with Crippen molar-refractivity contribution >= 4 is 11.7 Å². The molecule has 3 atom stereocenters. The number of carbonyl (C=O) groups is 1. The lowest BCUT2D eigenvalue weighted by Gasteiger charge is -2.17. The van der Waals surface area contributed by atoms with E-state index in [1.165, 1.54) is 6.92 Å². The van der Waals surface area contributed by atoms with Crippen molar-refractivity contribution in [3.63, 3.8) is 0 Å². The van der Waals surface area contributed by atoms with E-state index in [4.69, 9.17) is 4.74 Å². The molecule has 1 N–H and O–H groups in total. The number of unbranched alkanes of at least 4 members (excludes halogenated alkanes) is 2. The maximum Gasteiger partial charge on any atom is 0.302 e. The first-order chi connectivity index (χ1) is 9.93. The Morgan fingerprint density at radius 2 is 2.24 bits per heavy atom. The van der Waals surface area contributed by atoms with Crippen molar-refractivity contribution < 1.29 is 19.4 Å². The molecule has 0 amide bonds. The van der Waals surface area contributed by atoms with Gasteiger partial charge in [0.2, 0.25) is 0 Å². The molecule has 122 valence electrons. The number of hydrogen-bond donors (Lipinski definition) is 1. The van der Waals surface area contributed by atoms with E-state index < -0.39 is 0 Å². The van der Waals surface area contributed by atoms with E-state index in [1.54, 1.807) is 6.92 Å². The molecule has 1 heterocycles. The fourth-order valence-corrected chi connectivity index (χ4v) is 2.94. The number of esters is 1. The van der Waals surface area contributed by atoms with Crippen molar-refractivity contribution in [3.8, 4) is 0 Å². The largest absolute Gasteiger partial charge is 0.624 e. The summed E-state index contributed by atoms with van der Waals surface area (Å²) in [6.45, 7) is 5.31. The van der Waals surface area contributed by atoms with Gasteiger partial charge >= 0.3 is 5.97 Å². The molecule has 0 bridgehead atoms. The van der Waals surface area contributed by atoms with E-state index in [1.807, 2.05) is 0 Å². The highest BCUT2D eigenvalue weighted by Crippen LogP contribution is 2.21. The summed E-state index contributed by atoms with van der Waals surface area (Å²) in [6, 6.07) is -0.124. The molecule has 0 aromatic carbocycles. The molecular weight excluding hydrogens is 270 g/mol. The van der Waals surface area contributed by atoms with Crippen LogP contribution in [0, 0.1) is 5.21 Å². The summed E-state index contributed by atoms with van der Waals surface area (Å²) < 4.78 is 6.11. The summed E-state index contributed by atoms with van der Waals surface area (Å²) in [5.74, 6) is -0.318. The van der Waals surface area contributed by atoms with Crippen molar-refractivity contribution in [2.45, 2.75) is 90.4 Å². The molecule has 5 heteroatoms. The highest BCUT2D eigenvalue weighted by Gasteiger charge is 2.31. The molecule has 1 rings (SSSR count). The van der Waals surface area contributed by atoms with Crippen molar-refractivity contribution in [2.24, 2.45) is 0 Å². The van der Waals surface area contributed by atoms with Crippen LogP contribution < -0.4 is 0 Å². The fourth-order valence-electron chi connectivity index (χ4n) is 2.94. The molecular formula is C16H29NO4. The molecule has 0 aromatic rings. The smallest absolute Gasteiger partial charge is 0.302 e. The quantitative estimate of drug-likeness (QED) is 0.307. The lowest BCUT2D eigenvalue weighted by Crippen LogP contribution is -2.26. The molecule has 0 aromatic heterocycles. The van der Waals surface area contributed by atoms with Gasteiger partial charge in [-0.25, -0.2) is 4.74 Å². The molecule has 1 aliphatic rings. The Kier molecular flexibility index (Phi) is 7.72. The summed E-state index contributed by atoms with van der Waals surface area (Å²) in [5.41, 5.74) is 0.787. The summed E-state index contributed by atoms with van der Waals surface area (Å²) in [6.07, 6.45) is 5.96. The van der Waals surface area contributed by atoms with Crippen molar-refractivity contribution in [3.05, 3.63) is 5.21 Å². The number of ether oxygens (including phenoxy) is 1. The molecule has 0 saturated heterocycles. The highest BCUT2D eigenvalue weighted by molar-refractivity contribution is 5.81. The summed E-state index contributed by atoms with van der Waals surface area (Å²) in [4.78, 5) is 10.9. The monoisotopic (exact) mass is 299 g/mol. The zero-order valence-corrected chi connectivity index (χ0v) is 13.5. The van der Waals surface area contributed by atoms with Crippen LogP contribution in [0.1, 0.15) is 72.1 Å². The first-order valence-electron chi connectivity index (χ1n) is 8.10. The third-order valence-electron chi connectivity index (χ3n) is 3.98. The molecule has 0 radical (unpaired) electrons. The minimum absolute atomic E-state index is 0.124. The van der Waals surface area contributed by atoms with Gasteiger partial charge in [-0.2, -0.15) is 0 Å². The molecule has 0 spiro atoms. The molecule has 0 saturated carbocycles. The number of aliphatic hydroxyl groups is 1. The number of carbonyl (C=O) groups excluding carboxylic acids is 1. The Bertz CT molecular complexity index is 367. The van der Waals surface area contributed by atoms with Crippen molar-refractivity contribution in [2.75, 3.05) is 0 Å². The van der Waals surface area contributed by atoms with Crippen molar-refractivity contribution in [1.82, 2.24) is 0 Å². The van der Waals surface area contributed by atoms with Crippen LogP contribution in [0.5, 0.6) is 0 Å². The van der Waals surface area contributed by atoms with Gasteiger partial charge in [-0.15, -0.1) is 0 Å². The Morgan fingerprint density at radius 3 is 2.86 bits per heavy atom. The lowest BCUT2D eigenvalue weighted by molar-refractivity contribution is -0.496. The zero-order valence-electron chi connectivity index (χ0n) is 13.5. The SMILES string of the molecule is CCCCC[C@H](O)C[C@@H]1CCC(C[C@@H](C)OC(C)=O)=[N+]1[O-]. The predicted octanol–water partition coefficient (Wildman–Crippen LogP) is 2.77. The number of rotatable bonds is 9. The molecule has 5 nitrogen and oxygen atoms in total. The number of hydroxylamine groups is 1. The minimum Gasteiger partial charge on any atom is -0.624 e. The Labute approximate surface area is 127 Å². The van der Waals surface area contributed by atoms with Crippen LogP contribution in [0.25, 0.3) is 0 Å². The van der Waals surface area contributed by atoms with Crippen molar-refractivity contribution in [1.29, 1.82) is 0 Å². The molecule has 0 unspecified atom stereocenters. The van der Waals surface area contributed by atoms with E-state index in [-0.39, 0.29) is 24.2 Å². The van der Waals surface area contributed by atoms with Gasteiger partial charge in [-0.1, -0.05) is 26.2 Å². The topological polar surface area (TPSA) is 72.6 Å². The molecule has 1 aliphatic heterocycles. The molecule has 0 fully saturated rings. The fraction of sp³-hybridized carbons (Fsp3) is 0.875. The van der Waals surface area contributed by atoms with E-state index in [0.29, 0.717) is 12.8 Å². The Hall–Kier alpha value is -1.10. The van der Waals surface area contributed by atoms with Crippen LogP contribution >= 0.6 is 0 Å². The van der Waals surface area contributed by atoms with Gasteiger partial charge in [0.25, 0.3) is 0 Å². The molecule has 21 heavy (non-hydrogen) atoms. The predicted molar refractivity (Wildman–Crippen MR) is 82.3 cm³/mol. The number of nitrogens with zero attached hydrogens (tertiary/aromatic N) is 1. The molecule has 0 aliphatic carbocycles. The maximum atomic E-state index is 12.2. The first kappa shape index (κ1) is 18.0. The van der Waals surface area contributed by atoms with Crippen LogP contribution in [0.4, 0.5) is 0 Å². The van der Waals surface area contributed by atoms with Gasteiger partial charge in [0, 0.05) is 26.2 Å². The van der Waals surface area contributed by atoms with Gasteiger partial charge in [0.05, 0.1) is 12.5 Å². The summed E-state index contributed by atoms with van der Waals surface area (Å²) in [5, 5.41) is 22.2. The van der Waals surface area contributed by atoms with Gasteiger partial charge in [0.1, 0.15) is 6.10 Å². The second kappa shape index (κ2) is 9.03. The van der Waals surface area contributed by atoms with E-state index in [2.05, 4.69) is 6.92 Å². The maximum absolute atomic E-state index is 12.2. The third-order valence-corrected chi connectivity index (χ3v) is 3.98. The first-order valence-corrected chi connectivity index (χ1v) is 8.10. The highest BCUT2D eigenvalue weighted by atomic mass is 16.5. The van der Waals surface area contributed by atoms with E-state index >= 15 is 0 Å². The van der Waals surface area contributed by atoms with Gasteiger partial charge in [-0.3, -0.25) is 4.79 Å². The van der Waals surface area contributed by atoms with Crippen LogP contribution in [0.15, 0.2) is 0 Å². The standard InChI is InChI=1S/C16H29NO4/c1-4-5-6-7-16(19)11-15-9-8-14(17(15)20)10-12(2)21-13(3)18/h12,15-16,19H,4-11H2,1-3H3/t12-,15+,16+/m1/s1. The average molecular weight is 299 g/mol. The van der Waals surface area contributed by atoms with E-state index in [9.17, 15) is 15.1 Å². The Balaban J connectivity index is 2.42.